The third-order valence-corrected chi connectivity index (χ3v) is 5.10. The van der Waals surface area contributed by atoms with Crippen LogP contribution in [0.25, 0.3) is 0 Å². The zero-order valence-electron chi connectivity index (χ0n) is 11.4. The second-order valence-corrected chi connectivity index (χ2v) is 6.27. The molecule has 116 valence electrons. The number of thiophene rings is 1. The van der Waals surface area contributed by atoms with Crippen LogP contribution in [0.4, 0.5) is 13.2 Å². The van der Waals surface area contributed by atoms with Crippen molar-refractivity contribution in [2.24, 2.45) is 0 Å². The van der Waals surface area contributed by atoms with Gasteiger partial charge in [-0.3, -0.25) is 9.59 Å². The monoisotopic (exact) mass is 327 g/mol. The van der Waals surface area contributed by atoms with Crippen LogP contribution in [0.1, 0.15) is 16.9 Å². The number of allylic oxidation sites excluding steroid dienone is 4. The SMILES string of the molecule is O=C1C=CC2(C=C1)CCN(C(=O)C(F)(F)F)Cc1ccsc12. The van der Waals surface area contributed by atoms with Gasteiger partial charge in [0.1, 0.15) is 0 Å². The van der Waals surface area contributed by atoms with Crippen molar-refractivity contribution in [1.29, 1.82) is 0 Å². The molecular weight excluding hydrogens is 315 g/mol. The molecule has 0 bridgehead atoms. The van der Waals surface area contributed by atoms with Crippen LogP contribution < -0.4 is 0 Å². The minimum atomic E-state index is -4.87. The van der Waals surface area contributed by atoms with E-state index in [0.29, 0.717) is 12.0 Å². The van der Waals surface area contributed by atoms with Crippen LogP contribution in [0.15, 0.2) is 35.8 Å². The Balaban J connectivity index is 1.98. The van der Waals surface area contributed by atoms with Crippen molar-refractivity contribution in [3.05, 3.63) is 46.2 Å². The molecule has 1 spiro atoms. The Bertz CT molecular complexity index is 671. The molecule has 0 atom stereocenters. The smallest absolute Gasteiger partial charge is 0.330 e. The average molecular weight is 327 g/mol. The molecule has 1 amide bonds. The van der Waals surface area contributed by atoms with Crippen molar-refractivity contribution in [2.45, 2.75) is 24.6 Å². The first-order valence-corrected chi connectivity index (χ1v) is 7.55. The summed E-state index contributed by atoms with van der Waals surface area (Å²) in [5.74, 6) is -1.96. The van der Waals surface area contributed by atoms with Crippen molar-refractivity contribution in [3.63, 3.8) is 0 Å². The largest absolute Gasteiger partial charge is 0.471 e. The van der Waals surface area contributed by atoms with Gasteiger partial charge < -0.3 is 4.90 Å². The number of hydrogen-bond acceptors (Lipinski definition) is 3. The maximum Gasteiger partial charge on any atom is 0.471 e. The maximum atomic E-state index is 12.7. The van der Waals surface area contributed by atoms with Crippen molar-refractivity contribution in [3.8, 4) is 0 Å². The Hall–Kier alpha value is -1.89. The number of halogens is 3. The van der Waals surface area contributed by atoms with E-state index in [9.17, 15) is 22.8 Å². The molecule has 0 saturated heterocycles. The number of fused-ring (bicyclic) bond motifs is 2. The molecule has 2 aliphatic rings. The van der Waals surface area contributed by atoms with Crippen LogP contribution in [-0.4, -0.2) is 29.3 Å². The maximum absolute atomic E-state index is 12.7. The van der Waals surface area contributed by atoms with Gasteiger partial charge in [0.2, 0.25) is 0 Å². The van der Waals surface area contributed by atoms with Crippen molar-refractivity contribution < 1.29 is 22.8 Å². The first kappa shape index (κ1) is 15.0. The average Bonchev–Trinajstić information content (AvgIpc) is 2.87. The van der Waals surface area contributed by atoms with E-state index in [1.807, 2.05) is 0 Å². The Morgan fingerprint density at radius 3 is 2.59 bits per heavy atom. The predicted octanol–water partition coefficient (Wildman–Crippen LogP) is 2.98. The number of ketones is 1. The standard InChI is InChI=1S/C15H12F3NO2S/c16-15(17,18)13(21)19-7-6-14(4-1-11(20)2-5-14)12-10(9-19)3-8-22-12/h1-5,8H,6-7,9H2. The van der Waals surface area contributed by atoms with Gasteiger partial charge in [0.15, 0.2) is 5.78 Å². The topological polar surface area (TPSA) is 37.4 Å². The lowest BCUT2D eigenvalue weighted by Gasteiger charge is -2.28. The van der Waals surface area contributed by atoms with Gasteiger partial charge in [-0.2, -0.15) is 13.2 Å². The van der Waals surface area contributed by atoms with Crippen LogP contribution in [0, 0.1) is 0 Å². The Morgan fingerprint density at radius 1 is 1.27 bits per heavy atom. The van der Waals surface area contributed by atoms with Gasteiger partial charge in [-0.05, 0) is 35.6 Å². The normalized spacial score (nSPS) is 20.1. The van der Waals surface area contributed by atoms with E-state index in [-0.39, 0.29) is 18.9 Å². The van der Waals surface area contributed by atoms with Gasteiger partial charge >= 0.3 is 12.1 Å². The van der Waals surface area contributed by atoms with E-state index in [1.165, 1.54) is 23.5 Å². The van der Waals surface area contributed by atoms with Crippen LogP contribution in [0.2, 0.25) is 0 Å². The van der Waals surface area contributed by atoms with Crippen LogP contribution in [0.3, 0.4) is 0 Å². The predicted molar refractivity (Wildman–Crippen MR) is 75.4 cm³/mol. The number of alkyl halides is 3. The molecule has 0 unspecified atom stereocenters. The lowest BCUT2D eigenvalue weighted by atomic mass is 9.78. The molecular formula is C15H12F3NO2S. The van der Waals surface area contributed by atoms with Crippen LogP contribution in [0.5, 0.6) is 0 Å². The first-order chi connectivity index (χ1) is 10.3. The third kappa shape index (κ3) is 2.49. The molecule has 0 saturated carbocycles. The summed E-state index contributed by atoms with van der Waals surface area (Å²) in [6.07, 6.45) is 1.78. The minimum absolute atomic E-state index is 0.0113. The molecule has 1 aromatic rings. The van der Waals surface area contributed by atoms with E-state index in [2.05, 4.69) is 0 Å². The zero-order valence-corrected chi connectivity index (χ0v) is 12.2. The first-order valence-electron chi connectivity index (χ1n) is 6.67. The summed E-state index contributed by atoms with van der Waals surface area (Å²) in [4.78, 5) is 24.6. The van der Waals surface area contributed by atoms with E-state index in [1.54, 1.807) is 23.6 Å². The molecule has 3 rings (SSSR count). The highest BCUT2D eigenvalue weighted by Crippen LogP contribution is 2.42. The lowest BCUT2D eigenvalue weighted by Crippen LogP contribution is -2.41. The summed E-state index contributed by atoms with van der Waals surface area (Å²) >= 11 is 1.43. The third-order valence-electron chi connectivity index (χ3n) is 3.95. The van der Waals surface area contributed by atoms with Gasteiger partial charge in [-0.15, -0.1) is 11.3 Å². The molecule has 0 radical (unpaired) electrons. The van der Waals surface area contributed by atoms with E-state index in [0.717, 1.165) is 9.78 Å². The van der Waals surface area contributed by atoms with Gasteiger partial charge in [0, 0.05) is 23.4 Å². The molecule has 22 heavy (non-hydrogen) atoms. The molecule has 2 heterocycles. The second kappa shape index (κ2) is 5.08. The summed E-state index contributed by atoms with van der Waals surface area (Å²) in [7, 11) is 0. The fourth-order valence-corrected chi connectivity index (χ4v) is 3.94. The van der Waals surface area contributed by atoms with Gasteiger partial charge in [0.25, 0.3) is 0 Å². The summed E-state index contributed by atoms with van der Waals surface area (Å²) in [6, 6.07) is 1.74. The van der Waals surface area contributed by atoms with E-state index >= 15 is 0 Å². The van der Waals surface area contributed by atoms with Gasteiger partial charge in [0.05, 0.1) is 0 Å². The Kier molecular flexibility index (Phi) is 3.47. The zero-order chi connectivity index (χ0) is 16.0. The summed E-state index contributed by atoms with van der Waals surface area (Å²) in [5, 5.41) is 1.80. The minimum Gasteiger partial charge on any atom is -0.330 e. The number of carbonyl (C=O) groups excluding carboxylic acids is 2. The fraction of sp³-hybridized carbons (Fsp3) is 0.333. The number of rotatable bonds is 0. The summed E-state index contributed by atoms with van der Waals surface area (Å²) < 4.78 is 38.1. The summed E-state index contributed by atoms with van der Waals surface area (Å²) in [5.41, 5.74) is 0.0987. The van der Waals surface area contributed by atoms with Crippen molar-refractivity contribution >= 4 is 23.0 Å². The van der Waals surface area contributed by atoms with Crippen LogP contribution >= 0.6 is 11.3 Å². The molecule has 1 aliphatic heterocycles. The van der Waals surface area contributed by atoms with Crippen molar-refractivity contribution in [1.82, 2.24) is 4.90 Å². The molecule has 7 heteroatoms. The number of carbonyl (C=O) groups is 2. The molecule has 0 N–H and O–H groups in total. The van der Waals surface area contributed by atoms with Crippen LogP contribution in [-0.2, 0) is 21.5 Å². The molecule has 0 fully saturated rings. The fourth-order valence-electron chi connectivity index (χ4n) is 2.83. The van der Waals surface area contributed by atoms with Gasteiger partial charge in [-0.25, -0.2) is 0 Å². The lowest BCUT2D eigenvalue weighted by molar-refractivity contribution is -0.186. The Morgan fingerprint density at radius 2 is 1.95 bits per heavy atom. The second-order valence-electron chi connectivity index (χ2n) is 5.36. The highest BCUT2D eigenvalue weighted by molar-refractivity contribution is 7.10. The molecule has 0 aromatic carbocycles. The molecule has 1 aliphatic carbocycles. The van der Waals surface area contributed by atoms with E-state index < -0.39 is 17.5 Å². The van der Waals surface area contributed by atoms with Crippen molar-refractivity contribution in [2.75, 3.05) is 6.54 Å². The number of hydrogen-bond donors (Lipinski definition) is 0. The number of amides is 1. The Labute approximate surface area is 128 Å². The summed E-state index contributed by atoms with van der Waals surface area (Å²) in [6.45, 7) is -0.0723. The number of nitrogens with zero attached hydrogens (tertiary/aromatic N) is 1. The molecule has 1 aromatic heterocycles. The highest BCUT2D eigenvalue weighted by atomic mass is 32.1. The van der Waals surface area contributed by atoms with Gasteiger partial charge in [-0.1, -0.05) is 12.2 Å². The quantitative estimate of drug-likeness (QED) is 0.735. The van der Waals surface area contributed by atoms with E-state index in [4.69, 9.17) is 0 Å². The molecule has 3 nitrogen and oxygen atoms in total. The highest BCUT2D eigenvalue weighted by Gasteiger charge is 2.45.